The molecule has 0 atom stereocenters. The van der Waals surface area contributed by atoms with E-state index >= 15 is 0 Å². The zero-order chi connectivity index (χ0) is 14.4. The predicted molar refractivity (Wildman–Crippen MR) is 87.6 cm³/mol. The van der Waals surface area contributed by atoms with E-state index in [1.165, 1.54) is 27.6 Å². The third-order valence-electron chi connectivity index (χ3n) is 4.28. The zero-order valence-electron chi connectivity index (χ0n) is 12.2. The molecule has 2 nitrogen and oxygen atoms in total. The number of fused-ring (bicyclic) bond motifs is 3. The second-order valence-electron chi connectivity index (χ2n) is 5.42. The van der Waals surface area contributed by atoms with Gasteiger partial charge in [-0.2, -0.15) is 0 Å². The molecule has 0 N–H and O–H groups in total. The van der Waals surface area contributed by atoms with Crippen LogP contribution in [0.4, 0.5) is 0 Å². The molecular weight excluding hydrogens is 256 g/mol. The van der Waals surface area contributed by atoms with Gasteiger partial charge in [0.05, 0.1) is 11.9 Å². The second-order valence-corrected chi connectivity index (χ2v) is 5.42. The molecule has 0 fully saturated rings. The first-order chi connectivity index (χ1) is 10.3. The smallest absolute Gasteiger partial charge is 0.145 e. The molecule has 0 saturated heterocycles. The summed E-state index contributed by atoms with van der Waals surface area (Å²) in [6, 6.07) is 18.9. The number of pyridine rings is 1. The maximum Gasteiger partial charge on any atom is 0.145 e. The van der Waals surface area contributed by atoms with E-state index in [0.29, 0.717) is 0 Å². The predicted octanol–water partition coefficient (Wildman–Crippen LogP) is 4.77. The molecule has 0 aliphatic heterocycles. The van der Waals surface area contributed by atoms with Crippen molar-refractivity contribution in [3.05, 3.63) is 72.1 Å². The molecule has 0 aliphatic rings. The lowest BCUT2D eigenvalue weighted by Gasteiger charge is -2.12. The molecule has 2 aromatic heterocycles. The highest BCUT2D eigenvalue weighted by Crippen LogP contribution is 2.30. The number of rotatable bonds is 1. The van der Waals surface area contributed by atoms with Gasteiger partial charge in [0.1, 0.15) is 5.65 Å². The maximum atomic E-state index is 4.69. The van der Waals surface area contributed by atoms with Crippen LogP contribution in [0.1, 0.15) is 11.3 Å². The Morgan fingerprint density at radius 1 is 0.810 bits per heavy atom. The van der Waals surface area contributed by atoms with Crippen LogP contribution in [0, 0.1) is 13.8 Å². The number of aromatic nitrogens is 2. The minimum Gasteiger partial charge on any atom is -0.296 e. The van der Waals surface area contributed by atoms with Crippen LogP contribution < -0.4 is 0 Å². The summed E-state index contributed by atoms with van der Waals surface area (Å²) in [4.78, 5) is 4.69. The van der Waals surface area contributed by atoms with Crippen LogP contribution in [0.2, 0.25) is 0 Å². The number of hydrogen-bond acceptors (Lipinski definition) is 1. The van der Waals surface area contributed by atoms with Gasteiger partial charge in [-0.3, -0.25) is 4.40 Å². The molecule has 0 saturated carbocycles. The molecule has 4 aromatic rings. The van der Waals surface area contributed by atoms with Gasteiger partial charge < -0.3 is 0 Å². The van der Waals surface area contributed by atoms with Crippen molar-refractivity contribution < 1.29 is 0 Å². The number of imidazole rings is 1. The van der Waals surface area contributed by atoms with Crippen LogP contribution in [0.25, 0.3) is 27.7 Å². The summed E-state index contributed by atoms with van der Waals surface area (Å²) >= 11 is 0. The Kier molecular flexibility index (Phi) is 2.58. The molecule has 0 bridgehead atoms. The minimum absolute atomic E-state index is 1.03. The monoisotopic (exact) mass is 272 g/mol. The molecule has 2 heterocycles. The molecule has 0 radical (unpaired) electrons. The Balaban J connectivity index is 2.18. The van der Waals surface area contributed by atoms with Gasteiger partial charge in [-0.15, -0.1) is 0 Å². The Morgan fingerprint density at radius 2 is 1.48 bits per heavy atom. The molecule has 0 spiro atoms. The van der Waals surface area contributed by atoms with E-state index in [9.17, 15) is 0 Å². The Hall–Kier alpha value is -2.61. The van der Waals surface area contributed by atoms with Crippen molar-refractivity contribution in [1.82, 2.24) is 9.38 Å². The van der Waals surface area contributed by atoms with E-state index < -0.39 is 0 Å². The third-order valence-corrected chi connectivity index (χ3v) is 4.28. The lowest BCUT2D eigenvalue weighted by Crippen LogP contribution is -1.98. The Morgan fingerprint density at radius 3 is 2.24 bits per heavy atom. The van der Waals surface area contributed by atoms with E-state index in [4.69, 9.17) is 0 Å². The summed E-state index contributed by atoms with van der Waals surface area (Å²) < 4.78 is 2.27. The molecule has 0 aliphatic carbocycles. The highest BCUT2D eigenvalue weighted by Gasteiger charge is 2.13. The number of benzene rings is 2. The third kappa shape index (κ3) is 1.69. The van der Waals surface area contributed by atoms with Gasteiger partial charge in [0, 0.05) is 16.6 Å². The lowest BCUT2D eigenvalue weighted by atomic mass is 10.0. The first-order valence-corrected chi connectivity index (χ1v) is 7.18. The molecule has 2 heteroatoms. The average molecular weight is 272 g/mol. The highest BCUT2D eigenvalue weighted by molar-refractivity contribution is 5.97. The van der Waals surface area contributed by atoms with E-state index in [0.717, 1.165) is 11.3 Å². The van der Waals surface area contributed by atoms with Gasteiger partial charge in [-0.05, 0) is 24.8 Å². The highest BCUT2D eigenvalue weighted by atomic mass is 15.0. The van der Waals surface area contributed by atoms with Crippen molar-refractivity contribution in [3.8, 4) is 11.3 Å². The van der Waals surface area contributed by atoms with Crippen molar-refractivity contribution in [2.45, 2.75) is 13.8 Å². The van der Waals surface area contributed by atoms with Crippen LogP contribution in [0.5, 0.6) is 0 Å². The SMILES string of the molecule is Cc1c(C)n2c(-c3ccccc3)cnc2c2ccccc12. The summed E-state index contributed by atoms with van der Waals surface area (Å²) in [6.07, 6.45) is 1.98. The van der Waals surface area contributed by atoms with Crippen molar-refractivity contribution >= 4 is 16.4 Å². The zero-order valence-corrected chi connectivity index (χ0v) is 12.2. The maximum absolute atomic E-state index is 4.69. The number of aryl methyl sites for hydroxylation is 2. The van der Waals surface area contributed by atoms with Crippen molar-refractivity contribution in [1.29, 1.82) is 0 Å². The van der Waals surface area contributed by atoms with Crippen LogP contribution in [-0.4, -0.2) is 9.38 Å². The normalized spacial score (nSPS) is 11.3. The van der Waals surface area contributed by atoms with Crippen molar-refractivity contribution in [2.24, 2.45) is 0 Å². The molecule has 0 unspecified atom stereocenters. The lowest BCUT2D eigenvalue weighted by molar-refractivity contribution is 1.08. The van der Waals surface area contributed by atoms with Crippen LogP contribution >= 0.6 is 0 Å². The molecule has 0 amide bonds. The van der Waals surface area contributed by atoms with E-state index in [1.807, 2.05) is 12.3 Å². The largest absolute Gasteiger partial charge is 0.296 e. The van der Waals surface area contributed by atoms with Gasteiger partial charge in [0.15, 0.2) is 0 Å². The molecule has 4 rings (SSSR count). The summed E-state index contributed by atoms with van der Waals surface area (Å²) in [5.74, 6) is 0. The fourth-order valence-electron chi connectivity index (χ4n) is 3.06. The first kappa shape index (κ1) is 12.2. The molecule has 2 aromatic carbocycles. The van der Waals surface area contributed by atoms with Gasteiger partial charge in [-0.1, -0.05) is 54.6 Å². The van der Waals surface area contributed by atoms with Gasteiger partial charge in [0.25, 0.3) is 0 Å². The summed E-state index contributed by atoms with van der Waals surface area (Å²) in [6.45, 7) is 4.36. The summed E-state index contributed by atoms with van der Waals surface area (Å²) in [5, 5.41) is 2.50. The summed E-state index contributed by atoms with van der Waals surface area (Å²) in [7, 11) is 0. The quantitative estimate of drug-likeness (QED) is 0.488. The summed E-state index contributed by atoms with van der Waals surface area (Å²) in [5.41, 5.74) is 5.95. The van der Waals surface area contributed by atoms with E-state index in [1.54, 1.807) is 0 Å². The Bertz CT molecular complexity index is 950. The van der Waals surface area contributed by atoms with Crippen LogP contribution in [0.3, 0.4) is 0 Å². The fourth-order valence-corrected chi connectivity index (χ4v) is 3.06. The molecule has 102 valence electrons. The van der Waals surface area contributed by atoms with Crippen LogP contribution in [-0.2, 0) is 0 Å². The van der Waals surface area contributed by atoms with Gasteiger partial charge in [-0.25, -0.2) is 4.98 Å². The number of hydrogen-bond donors (Lipinski definition) is 0. The van der Waals surface area contributed by atoms with Crippen molar-refractivity contribution in [3.63, 3.8) is 0 Å². The van der Waals surface area contributed by atoms with Crippen molar-refractivity contribution in [2.75, 3.05) is 0 Å². The first-order valence-electron chi connectivity index (χ1n) is 7.18. The second kappa shape index (κ2) is 4.45. The fraction of sp³-hybridized carbons (Fsp3) is 0.105. The standard InChI is InChI=1S/C19H16N2/c1-13-14(2)21-18(15-8-4-3-5-9-15)12-20-19(21)17-11-7-6-10-16(13)17/h3-12H,1-2H3. The van der Waals surface area contributed by atoms with E-state index in [-0.39, 0.29) is 0 Å². The van der Waals surface area contributed by atoms with Gasteiger partial charge >= 0.3 is 0 Å². The van der Waals surface area contributed by atoms with E-state index in [2.05, 4.69) is 71.8 Å². The number of nitrogens with zero attached hydrogens (tertiary/aromatic N) is 2. The molecule has 21 heavy (non-hydrogen) atoms. The Labute approximate surface area is 123 Å². The minimum atomic E-state index is 1.03. The van der Waals surface area contributed by atoms with Crippen LogP contribution in [0.15, 0.2) is 60.8 Å². The average Bonchev–Trinajstić information content (AvgIpc) is 2.99. The molecular formula is C19H16N2. The van der Waals surface area contributed by atoms with Gasteiger partial charge in [0.2, 0.25) is 0 Å². The topological polar surface area (TPSA) is 17.3 Å².